The SMILES string of the molecule is CCCn1cc(N)cc1C(=O)N(C)Cc1nccn1C. The molecule has 2 heterocycles. The summed E-state index contributed by atoms with van der Waals surface area (Å²) >= 11 is 0. The molecule has 0 aliphatic heterocycles. The Hall–Kier alpha value is -2.24. The Bertz CT molecular complexity index is 598. The van der Waals surface area contributed by atoms with E-state index in [1.165, 1.54) is 0 Å². The predicted molar refractivity (Wildman–Crippen MR) is 78.1 cm³/mol. The normalized spacial score (nSPS) is 10.8. The lowest BCUT2D eigenvalue weighted by molar-refractivity contribution is 0.0769. The Kier molecular flexibility index (Phi) is 4.12. The zero-order valence-corrected chi connectivity index (χ0v) is 12.2. The molecule has 0 radical (unpaired) electrons. The minimum atomic E-state index is -0.0434. The van der Waals surface area contributed by atoms with E-state index < -0.39 is 0 Å². The molecule has 0 unspecified atom stereocenters. The highest BCUT2D eigenvalue weighted by Gasteiger charge is 2.18. The highest BCUT2D eigenvalue weighted by Crippen LogP contribution is 2.14. The molecular weight excluding hydrogens is 254 g/mol. The van der Waals surface area contributed by atoms with Crippen LogP contribution in [0.1, 0.15) is 29.7 Å². The topological polar surface area (TPSA) is 69.1 Å². The third-order valence-corrected chi connectivity index (χ3v) is 3.25. The van der Waals surface area contributed by atoms with Gasteiger partial charge in [-0.2, -0.15) is 0 Å². The van der Waals surface area contributed by atoms with E-state index in [1.54, 1.807) is 24.2 Å². The van der Waals surface area contributed by atoms with E-state index in [2.05, 4.69) is 11.9 Å². The van der Waals surface area contributed by atoms with Crippen molar-refractivity contribution in [2.75, 3.05) is 12.8 Å². The van der Waals surface area contributed by atoms with E-state index >= 15 is 0 Å². The first-order valence-corrected chi connectivity index (χ1v) is 6.70. The maximum absolute atomic E-state index is 12.5. The smallest absolute Gasteiger partial charge is 0.270 e. The number of carbonyl (C=O) groups excluding carboxylic acids is 1. The maximum atomic E-state index is 12.5. The summed E-state index contributed by atoms with van der Waals surface area (Å²) in [5, 5.41) is 0. The van der Waals surface area contributed by atoms with Crippen LogP contribution in [0.4, 0.5) is 5.69 Å². The zero-order chi connectivity index (χ0) is 14.7. The molecule has 0 aromatic carbocycles. The van der Waals surface area contributed by atoms with Crippen LogP contribution in [0.2, 0.25) is 0 Å². The largest absolute Gasteiger partial charge is 0.397 e. The van der Waals surface area contributed by atoms with Crippen molar-refractivity contribution in [2.45, 2.75) is 26.4 Å². The Morgan fingerprint density at radius 3 is 2.85 bits per heavy atom. The van der Waals surface area contributed by atoms with Gasteiger partial charge in [-0.25, -0.2) is 4.98 Å². The van der Waals surface area contributed by atoms with E-state index in [0.717, 1.165) is 18.8 Å². The lowest BCUT2D eigenvalue weighted by Crippen LogP contribution is -2.29. The molecule has 0 spiro atoms. The van der Waals surface area contributed by atoms with E-state index in [-0.39, 0.29) is 5.91 Å². The van der Waals surface area contributed by atoms with Crippen LogP contribution in [0.5, 0.6) is 0 Å². The van der Waals surface area contributed by atoms with Crippen molar-refractivity contribution in [3.8, 4) is 0 Å². The zero-order valence-electron chi connectivity index (χ0n) is 12.2. The lowest BCUT2D eigenvalue weighted by Gasteiger charge is -2.18. The average Bonchev–Trinajstić information content (AvgIpc) is 2.96. The van der Waals surface area contributed by atoms with Gasteiger partial charge in [-0.3, -0.25) is 4.79 Å². The van der Waals surface area contributed by atoms with Crippen molar-refractivity contribution in [3.63, 3.8) is 0 Å². The van der Waals surface area contributed by atoms with Gasteiger partial charge in [-0.05, 0) is 12.5 Å². The molecule has 2 rings (SSSR count). The highest BCUT2D eigenvalue weighted by molar-refractivity contribution is 5.93. The summed E-state index contributed by atoms with van der Waals surface area (Å²) in [4.78, 5) is 18.4. The molecule has 20 heavy (non-hydrogen) atoms. The molecule has 6 heteroatoms. The number of nitrogens with two attached hydrogens (primary N) is 1. The van der Waals surface area contributed by atoms with E-state index in [1.807, 2.05) is 28.6 Å². The third kappa shape index (κ3) is 2.84. The fourth-order valence-electron chi connectivity index (χ4n) is 2.17. The van der Waals surface area contributed by atoms with Crippen molar-refractivity contribution >= 4 is 11.6 Å². The Labute approximate surface area is 118 Å². The van der Waals surface area contributed by atoms with Crippen LogP contribution in [-0.2, 0) is 20.1 Å². The number of amides is 1. The summed E-state index contributed by atoms with van der Waals surface area (Å²) in [6.45, 7) is 3.33. The molecule has 1 amide bonds. The van der Waals surface area contributed by atoms with Crippen molar-refractivity contribution in [2.24, 2.45) is 7.05 Å². The summed E-state index contributed by atoms with van der Waals surface area (Å²) in [6, 6.07) is 1.73. The summed E-state index contributed by atoms with van der Waals surface area (Å²) < 4.78 is 3.82. The summed E-state index contributed by atoms with van der Waals surface area (Å²) in [5.41, 5.74) is 7.04. The van der Waals surface area contributed by atoms with Gasteiger partial charge in [0.15, 0.2) is 0 Å². The van der Waals surface area contributed by atoms with E-state index in [9.17, 15) is 4.79 Å². The monoisotopic (exact) mass is 275 g/mol. The maximum Gasteiger partial charge on any atom is 0.270 e. The average molecular weight is 275 g/mol. The summed E-state index contributed by atoms with van der Waals surface area (Å²) in [5.74, 6) is 0.806. The van der Waals surface area contributed by atoms with Crippen molar-refractivity contribution in [1.29, 1.82) is 0 Å². The quantitative estimate of drug-likeness (QED) is 0.898. The van der Waals surface area contributed by atoms with Crippen LogP contribution in [0.3, 0.4) is 0 Å². The first-order valence-electron chi connectivity index (χ1n) is 6.70. The number of rotatable bonds is 5. The fourth-order valence-corrected chi connectivity index (χ4v) is 2.17. The van der Waals surface area contributed by atoms with Gasteiger partial charge in [-0.1, -0.05) is 6.92 Å². The number of aromatic nitrogens is 3. The second-order valence-corrected chi connectivity index (χ2v) is 4.97. The first-order chi connectivity index (χ1) is 9.52. The molecule has 0 atom stereocenters. The molecular formula is C14H21N5O. The molecule has 0 saturated heterocycles. The number of hydrogen-bond donors (Lipinski definition) is 1. The molecule has 0 aliphatic rings. The van der Waals surface area contributed by atoms with Gasteiger partial charge >= 0.3 is 0 Å². The number of carbonyl (C=O) groups is 1. The first kappa shape index (κ1) is 14.2. The van der Waals surface area contributed by atoms with Gasteiger partial charge in [0.05, 0.1) is 12.2 Å². The lowest BCUT2D eigenvalue weighted by atomic mass is 10.3. The summed E-state index contributed by atoms with van der Waals surface area (Å²) in [6.07, 6.45) is 6.36. The highest BCUT2D eigenvalue weighted by atomic mass is 16.2. The van der Waals surface area contributed by atoms with Crippen molar-refractivity contribution in [1.82, 2.24) is 19.0 Å². The van der Waals surface area contributed by atoms with Gasteiger partial charge in [-0.15, -0.1) is 0 Å². The summed E-state index contributed by atoms with van der Waals surface area (Å²) in [7, 11) is 3.69. The Balaban J connectivity index is 2.16. The van der Waals surface area contributed by atoms with Crippen LogP contribution in [0.25, 0.3) is 0 Å². The molecule has 2 aromatic rings. The minimum Gasteiger partial charge on any atom is -0.397 e. The van der Waals surface area contributed by atoms with Crippen LogP contribution in [0, 0.1) is 0 Å². The molecule has 2 aromatic heterocycles. The second-order valence-electron chi connectivity index (χ2n) is 4.97. The standard InChI is InChI=1S/C14H21N5O/c1-4-6-19-9-11(15)8-12(19)14(20)18(3)10-13-16-5-7-17(13)2/h5,7-9H,4,6,10,15H2,1-3H3. The van der Waals surface area contributed by atoms with Gasteiger partial charge in [0.25, 0.3) is 5.91 Å². The minimum absolute atomic E-state index is 0.0434. The number of aryl methyl sites for hydroxylation is 2. The Morgan fingerprint density at radius 2 is 2.25 bits per heavy atom. The molecule has 108 valence electrons. The number of nitrogens with zero attached hydrogens (tertiary/aromatic N) is 4. The van der Waals surface area contributed by atoms with Gasteiger partial charge < -0.3 is 19.8 Å². The number of anilines is 1. The van der Waals surface area contributed by atoms with Gasteiger partial charge in [0, 0.05) is 39.2 Å². The van der Waals surface area contributed by atoms with Gasteiger partial charge in [0.2, 0.25) is 0 Å². The second kappa shape index (κ2) is 5.81. The molecule has 2 N–H and O–H groups in total. The van der Waals surface area contributed by atoms with Crippen molar-refractivity contribution < 1.29 is 4.79 Å². The van der Waals surface area contributed by atoms with Gasteiger partial charge in [0.1, 0.15) is 11.5 Å². The molecule has 6 nitrogen and oxygen atoms in total. The van der Waals surface area contributed by atoms with E-state index in [0.29, 0.717) is 17.9 Å². The van der Waals surface area contributed by atoms with E-state index in [4.69, 9.17) is 5.73 Å². The fraction of sp³-hybridized carbons (Fsp3) is 0.429. The molecule has 0 saturated carbocycles. The molecule has 0 fully saturated rings. The predicted octanol–water partition coefficient (Wildman–Crippen LogP) is 1.49. The number of hydrogen-bond acceptors (Lipinski definition) is 3. The van der Waals surface area contributed by atoms with Crippen LogP contribution >= 0.6 is 0 Å². The number of nitrogen functional groups attached to an aromatic ring is 1. The Morgan fingerprint density at radius 1 is 1.50 bits per heavy atom. The third-order valence-electron chi connectivity index (χ3n) is 3.25. The molecule has 0 aliphatic carbocycles. The van der Waals surface area contributed by atoms with Crippen LogP contribution in [-0.4, -0.2) is 32.0 Å². The van der Waals surface area contributed by atoms with Crippen molar-refractivity contribution in [3.05, 3.63) is 36.2 Å². The number of imidazole rings is 1. The molecule has 0 bridgehead atoms. The van der Waals surface area contributed by atoms with Crippen LogP contribution < -0.4 is 5.73 Å². The van der Waals surface area contributed by atoms with Crippen LogP contribution in [0.15, 0.2) is 24.7 Å².